The van der Waals surface area contributed by atoms with Crippen LogP contribution < -0.4 is 14.2 Å². The van der Waals surface area contributed by atoms with Crippen molar-refractivity contribution >= 4 is 0 Å². The topological polar surface area (TPSA) is 27.7 Å². The molecule has 168 valence electrons. The molecule has 33 heavy (non-hydrogen) atoms. The second kappa shape index (κ2) is 9.69. The maximum Gasteiger partial charge on any atom is 0.167 e. The van der Waals surface area contributed by atoms with Gasteiger partial charge < -0.3 is 14.2 Å². The molecular weight excluding hydrogens is 429 g/mol. The van der Waals surface area contributed by atoms with Gasteiger partial charge in [0, 0.05) is 22.8 Å². The SMILES string of the molecule is COc1ccc(-c2ccc(COc3ccc(-c4ccc(OC)cc4F)cc3)c(F)c2F)cc1. The fourth-order valence-corrected chi connectivity index (χ4v) is 3.44. The van der Waals surface area contributed by atoms with E-state index < -0.39 is 17.5 Å². The Labute approximate surface area is 190 Å². The van der Waals surface area contributed by atoms with Gasteiger partial charge in [-0.1, -0.05) is 36.4 Å². The molecule has 4 aromatic carbocycles. The largest absolute Gasteiger partial charge is 0.497 e. The van der Waals surface area contributed by atoms with Crippen LogP contribution in [0.1, 0.15) is 5.56 Å². The highest BCUT2D eigenvalue weighted by atomic mass is 19.2. The van der Waals surface area contributed by atoms with E-state index in [1.165, 1.54) is 32.4 Å². The lowest BCUT2D eigenvalue weighted by Gasteiger charge is -2.11. The van der Waals surface area contributed by atoms with Gasteiger partial charge in [-0.25, -0.2) is 13.2 Å². The molecule has 0 saturated carbocycles. The minimum Gasteiger partial charge on any atom is -0.497 e. The van der Waals surface area contributed by atoms with E-state index in [0.29, 0.717) is 33.9 Å². The van der Waals surface area contributed by atoms with Crippen molar-refractivity contribution in [3.63, 3.8) is 0 Å². The van der Waals surface area contributed by atoms with Crippen LogP contribution in [0.25, 0.3) is 22.3 Å². The maximum absolute atomic E-state index is 14.7. The number of rotatable bonds is 7. The minimum absolute atomic E-state index is 0.0926. The zero-order valence-corrected chi connectivity index (χ0v) is 18.1. The van der Waals surface area contributed by atoms with Gasteiger partial charge in [-0.3, -0.25) is 0 Å². The first-order valence-corrected chi connectivity index (χ1v) is 10.2. The first-order chi connectivity index (χ1) is 16.0. The molecule has 4 aromatic rings. The summed E-state index contributed by atoms with van der Waals surface area (Å²) in [4.78, 5) is 0. The van der Waals surface area contributed by atoms with Gasteiger partial charge in [0.25, 0.3) is 0 Å². The summed E-state index contributed by atoms with van der Waals surface area (Å²) >= 11 is 0. The van der Waals surface area contributed by atoms with Crippen LogP contribution in [0.4, 0.5) is 13.2 Å². The number of hydrogen-bond donors (Lipinski definition) is 0. The van der Waals surface area contributed by atoms with E-state index in [0.717, 1.165) is 0 Å². The molecule has 0 atom stereocenters. The molecule has 0 aliphatic heterocycles. The van der Waals surface area contributed by atoms with Gasteiger partial charge >= 0.3 is 0 Å². The van der Waals surface area contributed by atoms with Gasteiger partial charge in [0.1, 0.15) is 29.7 Å². The van der Waals surface area contributed by atoms with Crippen LogP contribution in [-0.4, -0.2) is 14.2 Å². The molecule has 6 heteroatoms. The molecule has 0 saturated heterocycles. The molecule has 0 radical (unpaired) electrons. The molecule has 4 rings (SSSR count). The molecule has 0 unspecified atom stereocenters. The van der Waals surface area contributed by atoms with Crippen molar-refractivity contribution in [2.24, 2.45) is 0 Å². The lowest BCUT2D eigenvalue weighted by atomic mass is 10.0. The molecular formula is C27H21F3O3. The summed E-state index contributed by atoms with van der Waals surface area (Å²) in [6.45, 7) is -0.151. The van der Waals surface area contributed by atoms with E-state index in [-0.39, 0.29) is 17.7 Å². The molecule has 3 nitrogen and oxygen atoms in total. The van der Waals surface area contributed by atoms with Gasteiger partial charge in [0.2, 0.25) is 0 Å². The number of hydrogen-bond acceptors (Lipinski definition) is 3. The maximum atomic E-state index is 14.7. The van der Waals surface area contributed by atoms with Gasteiger partial charge in [0.15, 0.2) is 11.6 Å². The van der Waals surface area contributed by atoms with Crippen molar-refractivity contribution in [1.82, 2.24) is 0 Å². The van der Waals surface area contributed by atoms with E-state index in [9.17, 15) is 13.2 Å². The highest BCUT2D eigenvalue weighted by molar-refractivity contribution is 5.66. The summed E-state index contributed by atoms with van der Waals surface area (Å²) in [6, 6.07) is 21.0. The molecule has 0 aromatic heterocycles. The summed E-state index contributed by atoms with van der Waals surface area (Å²) in [5.74, 6) is -0.787. The molecule has 0 fully saturated rings. The Morgan fingerprint density at radius 1 is 0.576 bits per heavy atom. The smallest absolute Gasteiger partial charge is 0.167 e. The third-order valence-corrected chi connectivity index (χ3v) is 5.30. The molecule has 0 aliphatic carbocycles. The first kappa shape index (κ1) is 22.3. The van der Waals surface area contributed by atoms with Crippen LogP contribution >= 0.6 is 0 Å². The van der Waals surface area contributed by atoms with Crippen LogP contribution in [0.3, 0.4) is 0 Å². The Morgan fingerprint density at radius 2 is 1.12 bits per heavy atom. The van der Waals surface area contributed by atoms with Crippen molar-refractivity contribution in [3.8, 4) is 39.5 Å². The van der Waals surface area contributed by atoms with E-state index in [1.807, 2.05) is 0 Å². The van der Waals surface area contributed by atoms with E-state index in [1.54, 1.807) is 60.7 Å². The van der Waals surface area contributed by atoms with Crippen molar-refractivity contribution < 1.29 is 27.4 Å². The predicted molar refractivity (Wildman–Crippen MR) is 121 cm³/mol. The van der Waals surface area contributed by atoms with Crippen molar-refractivity contribution in [3.05, 3.63) is 102 Å². The number of methoxy groups -OCH3 is 2. The van der Waals surface area contributed by atoms with Gasteiger partial charge in [-0.15, -0.1) is 0 Å². The lowest BCUT2D eigenvalue weighted by molar-refractivity contribution is 0.297. The molecule has 0 heterocycles. The van der Waals surface area contributed by atoms with Gasteiger partial charge in [0.05, 0.1) is 14.2 Å². The van der Waals surface area contributed by atoms with Gasteiger partial charge in [-0.05, 0) is 47.5 Å². The predicted octanol–water partition coefficient (Wildman–Crippen LogP) is 7.03. The molecule has 0 bridgehead atoms. The number of ether oxygens (including phenoxy) is 3. The van der Waals surface area contributed by atoms with Crippen molar-refractivity contribution in [2.75, 3.05) is 14.2 Å². The van der Waals surface area contributed by atoms with Crippen molar-refractivity contribution in [2.45, 2.75) is 6.61 Å². The van der Waals surface area contributed by atoms with Crippen LogP contribution in [0.2, 0.25) is 0 Å². The summed E-state index contributed by atoms with van der Waals surface area (Å²) in [5.41, 5.74) is 1.87. The van der Waals surface area contributed by atoms with E-state index >= 15 is 0 Å². The molecule has 0 amide bonds. The monoisotopic (exact) mass is 450 g/mol. The van der Waals surface area contributed by atoms with E-state index in [2.05, 4.69) is 0 Å². The quantitative estimate of drug-likeness (QED) is 0.302. The van der Waals surface area contributed by atoms with Crippen LogP contribution in [0.15, 0.2) is 78.9 Å². The Bertz CT molecular complexity index is 1250. The summed E-state index contributed by atoms with van der Waals surface area (Å²) in [7, 11) is 3.01. The first-order valence-electron chi connectivity index (χ1n) is 10.2. The highest BCUT2D eigenvalue weighted by Crippen LogP contribution is 2.30. The Morgan fingerprint density at radius 3 is 1.73 bits per heavy atom. The number of benzene rings is 4. The molecule has 0 spiro atoms. The van der Waals surface area contributed by atoms with Crippen LogP contribution in [0, 0.1) is 17.5 Å². The fraction of sp³-hybridized carbons (Fsp3) is 0.111. The Hall–Kier alpha value is -3.93. The van der Waals surface area contributed by atoms with Crippen molar-refractivity contribution in [1.29, 1.82) is 0 Å². The second-order valence-electron chi connectivity index (χ2n) is 7.29. The number of halogens is 3. The fourth-order valence-electron chi connectivity index (χ4n) is 3.44. The average molecular weight is 450 g/mol. The Balaban J connectivity index is 1.47. The zero-order chi connectivity index (χ0) is 23.4. The highest BCUT2D eigenvalue weighted by Gasteiger charge is 2.15. The third-order valence-electron chi connectivity index (χ3n) is 5.30. The summed E-state index contributed by atoms with van der Waals surface area (Å²) in [6.07, 6.45) is 0. The lowest BCUT2D eigenvalue weighted by Crippen LogP contribution is -2.02. The normalized spacial score (nSPS) is 10.7. The Kier molecular flexibility index (Phi) is 6.54. The van der Waals surface area contributed by atoms with Gasteiger partial charge in [-0.2, -0.15) is 0 Å². The van der Waals surface area contributed by atoms with Crippen LogP contribution in [0.5, 0.6) is 17.2 Å². The van der Waals surface area contributed by atoms with Crippen LogP contribution in [-0.2, 0) is 6.61 Å². The second-order valence-corrected chi connectivity index (χ2v) is 7.29. The third kappa shape index (κ3) is 4.80. The standard InChI is InChI=1S/C27H21F3O3/c1-31-20-8-3-18(4-9-20)24-13-7-19(26(29)27(24)30)16-33-21-10-5-17(6-11-21)23-14-12-22(32-2)15-25(23)28/h3-15H,16H2,1-2H3. The molecule has 0 aliphatic rings. The molecule has 0 N–H and O–H groups in total. The average Bonchev–Trinajstić information content (AvgIpc) is 2.85. The minimum atomic E-state index is -0.958. The summed E-state index contributed by atoms with van der Waals surface area (Å²) in [5, 5.41) is 0. The summed E-state index contributed by atoms with van der Waals surface area (Å²) < 4.78 is 59.3. The zero-order valence-electron chi connectivity index (χ0n) is 18.1. The van der Waals surface area contributed by atoms with E-state index in [4.69, 9.17) is 14.2 Å².